The lowest BCUT2D eigenvalue weighted by atomic mass is 9.92. The topological polar surface area (TPSA) is 8.17 Å². The van der Waals surface area contributed by atoms with Gasteiger partial charge in [0.2, 0.25) is 0 Å². The van der Waals surface area contributed by atoms with Crippen LogP contribution in [0, 0.1) is 0 Å². The van der Waals surface area contributed by atoms with Crippen molar-refractivity contribution in [3.8, 4) is 50.2 Å². The molecule has 0 aliphatic rings. The second kappa shape index (κ2) is 15.1. The van der Waals surface area contributed by atoms with Crippen molar-refractivity contribution >= 4 is 49.6 Å². The monoisotopic (exact) mass is 764 g/mol. The van der Waals surface area contributed by atoms with Crippen LogP contribution in [0.4, 0.5) is 17.1 Å². The van der Waals surface area contributed by atoms with Crippen molar-refractivity contribution in [3.63, 3.8) is 0 Å². The zero-order chi connectivity index (χ0) is 39.8. The first-order valence-electron chi connectivity index (χ1n) is 20.6. The van der Waals surface area contributed by atoms with Crippen molar-refractivity contribution in [1.29, 1.82) is 0 Å². The Morgan fingerprint density at radius 1 is 0.283 bits per heavy atom. The molecule has 0 saturated carbocycles. The van der Waals surface area contributed by atoms with Gasteiger partial charge in [0.25, 0.3) is 0 Å². The fourth-order valence-electron chi connectivity index (χ4n) is 8.91. The molecule has 0 saturated heterocycles. The molecule has 11 aromatic rings. The molecule has 282 valence electrons. The van der Waals surface area contributed by atoms with Crippen molar-refractivity contribution in [2.45, 2.75) is 0 Å². The van der Waals surface area contributed by atoms with Gasteiger partial charge in [0.15, 0.2) is 0 Å². The van der Waals surface area contributed by atoms with E-state index in [4.69, 9.17) is 0 Å². The average Bonchev–Trinajstić information content (AvgIpc) is 3.66. The summed E-state index contributed by atoms with van der Waals surface area (Å²) < 4.78 is 2.40. The molecule has 10 aromatic carbocycles. The van der Waals surface area contributed by atoms with Crippen LogP contribution in [0.3, 0.4) is 0 Å². The highest BCUT2D eigenvalue weighted by atomic mass is 15.1. The Morgan fingerprint density at radius 2 is 0.817 bits per heavy atom. The molecule has 0 radical (unpaired) electrons. The standard InChI is InChI=1S/C58H40N2/c1-5-18-42(19-6-1)51-34-32-49(39-54(51)43-20-7-2-8-21-43)59(50-33-35-53-52-27-15-16-28-56(52)60(58(53)40-50)48-25-11-4-12-26-48)57-36-31-47(38-55(57)44-22-9-3-10-23-44)46-30-29-41-17-13-14-24-45(41)37-46/h1-40H. The first-order chi connectivity index (χ1) is 29.8. The van der Waals surface area contributed by atoms with Crippen molar-refractivity contribution in [2.75, 3.05) is 4.90 Å². The van der Waals surface area contributed by atoms with Gasteiger partial charge in [-0.3, -0.25) is 0 Å². The highest BCUT2D eigenvalue weighted by Crippen LogP contribution is 2.46. The third kappa shape index (κ3) is 6.32. The lowest BCUT2D eigenvalue weighted by Gasteiger charge is -2.29. The maximum Gasteiger partial charge on any atom is 0.0561 e. The van der Waals surface area contributed by atoms with Crippen molar-refractivity contribution in [1.82, 2.24) is 4.57 Å². The molecule has 0 atom stereocenters. The van der Waals surface area contributed by atoms with Gasteiger partial charge in [-0.25, -0.2) is 0 Å². The number of para-hydroxylation sites is 2. The number of hydrogen-bond donors (Lipinski definition) is 0. The number of nitrogens with zero attached hydrogens (tertiary/aromatic N) is 2. The summed E-state index contributed by atoms with van der Waals surface area (Å²) in [4.78, 5) is 2.46. The molecule has 2 heteroatoms. The second-order valence-corrected chi connectivity index (χ2v) is 15.3. The Balaban J connectivity index is 1.19. The van der Waals surface area contributed by atoms with Crippen LogP contribution in [-0.2, 0) is 0 Å². The lowest BCUT2D eigenvalue weighted by molar-refractivity contribution is 1.18. The zero-order valence-electron chi connectivity index (χ0n) is 33.0. The molecule has 0 N–H and O–H groups in total. The Hall–Kier alpha value is -7.94. The van der Waals surface area contributed by atoms with Crippen LogP contribution in [-0.4, -0.2) is 4.57 Å². The first-order valence-corrected chi connectivity index (χ1v) is 20.6. The molecule has 0 aliphatic heterocycles. The van der Waals surface area contributed by atoms with E-state index in [0.29, 0.717) is 0 Å². The molecule has 0 spiro atoms. The van der Waals surface area contributed by atoms with Crippen LogP contribution in [0.25, 0.3) is 82.8 Å². The molecule has 0 amide bonds. The molecule has 2 nitrogen and oxygen atoms in total. The number of anilines is 3. The van der Waals surface area contributed by atoms with Crippen LogP contribution in [0.2, 0.25) is 0 Å². The number of aromatic nitrogens is 1. The Morgan fingerprint density at radius 3 is 1.55 bits per heavy atom. The van der Waals surface area contributed by atoms with Crippen molar-refractivity contribution in [2.24, 2.45) is 0 Å². The Bertz CT molecular complexity index is 3300. The number of rotatable bonds is 8. The maximum atomic E-state index is 2.46. The quantitative estimate of drug-likeness (QED) is 0.150. The molecule has 0 aliphatic carbocycles. The summed E-state index contributed by atoms with van der Waals surface area (Å²) in [6.07, 6.45) is 0. The molecule has 11 rings (SSSR count). The molecule has 0 unspecified atom stereocenters. The van der Waals surface area contributed by atoms with Gasteiger partial charge in [0.1, 0.15) is 0 Å². The van der Waals surface area contributed by atoms with Gasteiger partial charge in [-0.15, -0.1) is 0 Å². The van der Waals surface area contributed by atoms with E-state index < -0.39 is 0 Å². The van der Waals surface area contributed by atoms with E-state index in [0.717, 1.165) is 39.4 Å². The van der Waals surface area contributed by atoms with Crippen LogP contribution < -0.4 is 4.90 Å². The average molecular weight is 765 g/mol. The van der Waals surface area contributed by atoms with Crippen molar-refractivity contribution in [3.05, 3.63) is 243 Å². The second-order valence-electron chi connectivity index (χ2n) is 15.3. The summed E-state index contributed by atoms with van der Waals surface area (Å²) in [7, 11) is 0. The minimum absolute atomic E-state index is 1.07. The van der Waals surface area contributed by atoms with Gasteiger partial charge >= 0.3 is 0 Å². The minimum Gasteiger partial charge on any atom is -0.310 e. The SMILES string of the molecule is c1ccc(-c2ccc(N(c3ccc4c5ccccc5n(-c5ccccc5)c4c3)c3ccc(-c4ccc5ccccc5c4)cc3-c3ccccc3)cc2-c2ccccc2)cc1. The van der Waals surface area contributed by atoms with Gasteiger partial charge in [0.05, 0.1) is 16.7 Å². The number of fused-ring (bicyclic) bond motifs is 4. The highest BCUT2D eigenvalue weighted by molar-refractivity contribution is 6.10. The van der Waals surface area contributed by atoms with Crippen LogP contribution in [0.1, 0.15) is 0 Å². The maximum absolute atomic E-state index is 2.46. The summed E-state index contributed by atoms with van der Waals surface area (Å²) in [6, 6.07) is 88.1. The summed E-state index contributed by atoms with van der Waals surface area (Å²) in [5.74, 6) is 0. The normalized spacial score (nSPS) is 11.3. The molecule has 1 heterocycles. The molecule has 0 bridgehead atoms. The van der Waals surface area contributed by atoms with Gasteiger partial charge in [0, 0.05) is 33.4 Å². The van der Waals surface area contributed by atoms with Crippen molar-refractivity contribution < 1.29 is 0 Å². The fraction of sp³-hybridized carbons (Fsp3) is 0. The predicted molar refractivity (Wildman–Crippen MR) is 255 cm³/mol. The molecule has 1 aromatic heterocycles. The Labute approximate surface area is 350 Å². The molecular formula is C58H40N2. The summed E-state index contributed by atoms with van der Waals surface area (Å²) in [6.45, 7) is 0. The third-order valence-corrected chi connectivity index (χ3v) is 11.8. The van der Waals surface area contributed by atoms with Gasteiger partial charge in [-0.2, -0.15) is 0 Å². The minimum atomic E-state index is 1.07. The fourth-order valence-corrected chi connectivity index (χ4v) is 8.91. The van der Waals surface area contributed by atoms with Gasteiger partial charge in [-0.05, 0) is 110 Å². The number of hydrogen-bond acceptors (Lipinski definition) is 1. The summed E-state index contributed by atoms with van der Waals surface area (Å²) in [5, 5.41) is 4.93. The van der Waals surface area contributed by atoms with Crippen LogP contribution in [0.5, 0.6) is 0 Å². The zero-order valence-corrected chi connectivity index (χ0v) is 33.0. The third-order valence-electron chi connectivity index (χ3n) is 11.8. The first kappa shape index (κ1) is 35.2. The predicted octanol–water partition coefficient (Wildman–Crippen LogP) is 16.1. The molecule has 60 heavy (non-hydrogen) atoms. The van der Waals surface area contributed by atoms with Gasteiger partial charge < -0.3 is 9.47 Å². The lowest BCUT2D eigenvalue weighted by Crippen LogP contribution is -2.12. The van der Waals surface area contributed by atoms with E-state index in [1.807, 2.05) is 0 Å². The summed E-state index contributed by atoms with van der Waals surface area (Å²) >= 11 is 0. The van der Waals surface area contributed by atoms with Gasteiger partial charge in [-0.1, -0.05) is 182 Å². The Kier molecular flexibility index (Phi) is 8.87. The van der Waals surface area contributed by atoms with E-state index in [1.165, 1.54) is 60.4 Å². The highest BCUT2D eigenvalue weighted by Gasteiger charge is 2.22. The molecule has 0 fully saturated rings. The largest absolute Gasteiger partial charge is 0.310 e. The summed E-state index contributed by atoms with van der Waals surface area (Å²) in [5.41, 5.74) is 16.1. The van der Waals surface area contributed by atoms with E-state index in [-0.39, 0.29) is 0 Å². The van der Waals surface area contributed by atoms with E-state index in [1.54, 1.807) is 0 Å². The molecular weight excluding hydrogens is 725 g/mol. The van der Waals surface area contributed by atoms with E-state index in [2.05, 4.69) is 252 Å². The van der Waals surface area contributed by atoms with E-state index >= 15 is 0 Å². The van der Waals surface area contributed by atoms with Crippen LogP contribution in [0.15, 0.2) is 243 Å². The number of benzene rings is 10. The smallest absolute Gasteiger partial charge is 0.0561 e. The van der Waals surface area contributed by atoms with E-state index in [9.17, 15) is 0 Å². The van der Waals surface area contributed by atoms with Crippen LogP contribution >= 0.6 is 0 Å².